The zero-order valence-electron chi connectivity index (χ0n) is 42.0. The van der Waals surface area contributed by atoms with E-state index in [0.717, 1.165) is 150 Å². The summed E-state index contributed by atoms with van der Waals surface area (Å²) in [6, 6.07) is 97.0. The first kappa shape index (κ1) is 43.8. The third kappa shape index (κ3) is 7.04. The zero-order valence-corrected chi connectivity index (χ0v) is 42.0. The van der Waals surface area contributed by atoms with Crippen LogP contribution in [0.1, 0.15) is 0 Å². The SMILES string of the molecule is c1ccc(N(c2ccc(-c3ccc4c(c3)c3cc(-c5ccc(N(c6ccccc6)c6ccc7oc8ccccc8c7c6)cc5)ccc3n4-c3cccc4c3oc3ccccc34)cc2)c2ccc3oc4ccccc4c3c2)cc1. The highest BCUT2D eigenvalue weighted by Gasteiger charge is 2.22. The molecule has 78 heavy (non-hydrogen) atoms. The maximum absolute atomic E-state index is 6.71. The van der Waals surface area contributed by atoms with E-state index in [1.54, 1.807) is 0 Å². The number of rotatable bonds is 9. The molecule has 366 valence electrons. The predicted molar refractivity (Wildman–Crippen MR) is 323 cm³/mol. The van der Waals surface area contributed by atoms with Crippen LogP contribution in [0.15, 0.2) is 286 Å². The Kier molecular flexibility index (Phi) is 9.84. The maximum Gasteiger partial charge on any atom is 0.159 e. The van der Waals surface area contributed by atoms with Crippen LogP contribution in [0.2, 0.25) is 0 Å². The molecule has 0 amide bonds. The summed E-state index contributed by atoms with van der Waals surface area (Å²) in [5, 5.41) is 8.90. The largest absolute Gasteiger partial charge is 0.456 e. The second-order valence-electron chi connectivity index (χ2n) is 20.0. The predicted octanol–water partition coefficient (Wildman–Crippen LogP) is 20.8. The van der Waals surface area contributed by atoms with E-state index in [1.165, 1.54) is 0 Å². The van der Waals surface area contributed by atoms with Crippen molar-refractivity contribution in [1.82, 2.24) is 4.57 Å². The molecule has 4 heterocycles. The van der Waals surface area contributed by atoms with Gasteiger partial charge in [-0.3, -0.25) is 0 Å². The number of aromatic nitrogens is 1. The molecule has 0 spiro atoms. The normalized spacial score (nSPS) is 11.8. The van der Waals surface area contributed by atoms with Crippen molar-refractivity contribution in [3.05, 3.63) is 273 Å². The molecule has 0 aliphatic carbocycles. The van der Waals surface area contributed by atoms with Crippen LogP contribution in [-0.2, 0) is 0 Å². The third-order valence-electron chi connectivity index (χ3n) is 15.6. The summed E-state index contributed by atoms with van der Waals surface area (Å²) < 4.78 is 21.6. The molecule has 0 aliphatic heterocycles. The topological polar surface area (TPSA) is 50.8 Å². The summed E-state index contributed by atoms with van der Waals surface area (Å²) in [6.07, 6.45) is 0. The Hall–Kier alpha value is -10.6. The van der Waals surface area contributed by atoms with Crippen LogP contribution in [-0.4, -0.2) is 4.57 Å². The fourth-order valence-electron chi connectivity index (χ4n) is 11.9. The van der Waals surface area contributed by atoms with Crippen molar-refractivity contribution >= 4 is 122 Å². The molecule has 6 nitrogen and oxygen atoms in total. The van der Waals surface area contributed by atoms with Crippen LogP contribution in [0.3, 0.4) is 0 Å². The minimum absolute atomic E-state index is 0.864. The number of hydrogen-bond donors (Lipinski definition) is 0. The van der Waals surface area contributed by atoms with Gasteiger partial charge >= 0.3 is 0 Å². The van der Waals surface area contributed by atoms with Gasteiger partial charge in [0.1, 0.15) is 27.9 Å². The summed E-state index contributed by atoms with van der Waals surface area (Å²) in [6.45, 7) is 0. The highest BCUT2D eigenvalue weighted by atomic mass is 16.3. The molecule has 0 N–H and O–H groups in total. The number of para-hydroxylation sites is 6. The van der Waals surface area contributed by atoms with E-state index in [9.17, 15) is 0 Å². The number of anilines is 6. The van der Waals surface area contributed by atoms with Gasteiger partial charge in [-0.2, -0.15) is 0 Å². The minimum Gasteiger partial charge on any atom is -0.456 e. The number of nitrogens with zero attached hydrogens (tertiary/aromatic N) is 3. The molecule has 12 aromatic carbocycles. The Morgan fingerprint density at radius 2 is 0.603 bits per heavy atom. The summed E-state index contributed by atoms with van der Waals surface area (Å²) in [5.41, 5.74) is 19.4. The van der Waals surface area contributed by atoms with Crippen LogP contribution < -0.4 is 9.80 Å². The summed E-state index contributed by atoms with van der Waals surface area (Å²) in [7, 11) is 0. The van der Waals surface area contributed by atoms with Gasteiger partial charge in [0.2, 0.25) is 0 Å². The van der Waals surface area contributed by atoms with E-state index in [4.69, 9.17) is 13.3 Å². The Labute approximate surface area is 448 Å². The lowest BCUT2D eigenvalue weighted by molar-refractivity contribution is 0.666. The number of fused-ring (bicyclic) bond motifs is 12. The van der Waals surface area contributed by atoms with Crippen LogP contribution in [0.5, 0.6) is 0 Å². The van der Waals surface area contributed by atoms with Gasteiger partial charge in [-0.15, -0.1) is 0 Å². The summed E-state index contributed by atoms with van der Waals surface area (Å²) >= 11 is 0. The highest BCUT2D eigenvalue weighted by molar-refractivity contribution is 6.15. The first-order chi connectivity index (χ1) is 38.6. The molecule has 6 heteroatoms. The second-order valence-corrected chi connectivity index (χ2v) is 20.0. The molecule has 0 aliphatic rings. The smallest absolute Gasteiger partial charge is 0.159 e. The highest BCUT2D eigenvalue weighted by Crippen LogP contribution is 2.44. The Balaban J connectivity index is 0.815. The van der Waals surface area contributed by atoms with E-state index < -0.39 is 0 Å². The molecule has 4 aromatic heterocycles. The summed E-state index contributed by atoms with van der Waals surface area (Å²) in [4.78, 5) is 4.63. The molecular weight excluding hydrogens is 955 g/mol. The fourth-order valence-corrected chi connectivity index (χ4v) is 11.9. The lowest BCUT2D eigenvalue weighted by Crippen LogP contribution is -2.09. The standard InChI is InChI=1S/C72H45N3O3/c1-3-14-50(15-4-1)73(54-36-40-70-62(44-54)57-19-8-10-23-67(57)76-70)52-32-26-46(27-33-52)48-30-38-64-60(42-48)61-43-49(31-39-65(61)75(64)66-22-13-21-59-56-18-7-12-25-69(56)78-72(59)66)47-28-34-53(35-29-47)74(51-16-5-2-6-17-51)55-37-41-71-63(45-55)58-20-9-11-24-68(58)77-71/h1-45H. The van der Waals surface area contributed by atoms with Gasteiger partial charge in [0.05, 0.1) is 16.7 Å². The van der Waals surface area contributed by atoms with E-state index in [2.05, 4.69) is 257 Å². The van der Waals surface area contributed by atoms with Crippen LogP contribution >= 0.6 is 0 Å². The van der Waals surface area contributed by atoms with E-state index >= 15 is 0 Å². The average molecular weight is 1000 g/mol. The van der Waals surface area contributed by atoms with Crippen molar-refractivity contribution in [2.75, 3.05) is 9.80 Å². The van der Waals surface area contributed by atoms with Gasteiger partial charge in [-0.05, 0) is 156 Å². The summed E-state index contributed by atoms with van der Waals surface area (Å²) in [5.74, 6) is 0. The van der Waals surface area contributed by atoms with Gasteiger partial charge in [-0.25, -0.2) is 0 Å². The average Bonchev–Trinajstić information content (AvgIpc) is 4.30. The Morgan fingerprint density at radius 3 is 1.09 bits per heavy atom. The second kappa shape index (κ2) is 17.5. The third-order valence-corrected chi connectivity index (χ3v) is 15.6. The van der Waals surface area contributed by atoms with Crippen molar-refractivity contribution in [1.29, 1.82) is 0 Å². The molecule has 0 saturated carbocycles. The first-order valence-corrected chi connectivity index (χ1v) is 26.4. The number of hydrogen-bond acceptors (Lipinski definition) is 5. The monoisotopic (exact) mass is 999 g/mol. The Morgan fingerprint density at radius 1 is 0.231 bits per heavy atom. The van der Waals surface area contributed by atoms with Crippen molar-refractivity contribution in [3.63, 3.8) is 0 Å². The van der Waals surface area contributed by atoms with Crippen LogP contribution in [0.25, 0.3) is 116 Å². The van der Waals surface area contributed by atoms with Crippen molar-refractivity contribution in [2.24, 2.45) is 0 Å². The first-order valence-electron chi connectivity index (χ1n) is 26.4. The lowest BCUT2D eigenvalue weighted by Gasteiger charge is -2.25. The number of furan rings is 3. The van der Waals surface area contributed by atoms with Gasteiger partial charge < -0.3 is 27.6 Å². The van der Waals surface area contributed by atoms with Crippen LogP contribution in [0, 0.1) is 0 Å². The molecular formula is C72H45N3O3. The minimum atomic E-state index is 0.864. The zero-order chi connectivity index (χ0) is 51.3. The van der Waals surface area contributed by atoms with Crippen molar-refractivity contribution < 1.29 is 13.3 Å². The van der Waals surface area contributed by atoms with E-state index in [1.807, 2.05) is 30.3 Å². The van der Waals surface area contributed by atoms with Crippen LogP contribution in [0.4, 0.5) is 34.1 Å². The van der Waals surface area contributed by atoms with Gasteiger partial charge in [0.25, 0.3) is 0 Å². The quantitative estimate of drug-likeness (QED) is 0.144. The number of benzene rings is 12. The fraction of sp³-hybridized carbons (Fsp3) is 0. The molecule has 0 fully saturated rings. The molecule has 0 unspecified atom stereocenters. The Bertz CT molecular complexity index is 4710. The molecule has 16 aromatic rings. The molecule has 16 rings (SSSR count). The van der Waals surface area contributed by atoms with Gasteiger partial charge in [0, 0.05) is 77.2 Å². The van der Waals surface area contributed by atoms with E-state index in [0.29, 0.717) is 0 Å². The van der Waals surface area contributed by atoms with Crippen molar-refractivity contribution in [2.45, 2.75) is 0 Å². The van der Waals surface area contributed by atoms with Crippen molar-refractivity contribution in [3.8, 4) is 27.9 Å². The molecule has 0 saturated heterocycles. The van der Waals surface area contributed by atoms with Gasteiger partial charge in [0.15, 0.2) is 5.58 Å². The maximum atomic E-state index is 6.71. The molecule has 0 radical (unpaired) electrons. The lowest BCUT2D eigenvalue weighted by atomic mass is 9.99. The van der Waals surface area contributed by atoms with Gasteiger partial charge in [-0.1, -0.05) is 140 Å². The van der Waals surface area contributed by atoms with E-state index in [-0.39, 0.29) is 0 Å². The molecule has 0 atom stereocenters. The molecule has 0 bridgehead atoms.